The van der Waals surface area contributed by atoms with Gasteiger partial charge in [-0.05, 0) is 68.0 Å². The van der Waals surface area contributed by atoms with E-state index in [-0.39, 0.29) is 5.75 Å². The number of hydrogen-bond donors (Lipinski definition) is 2. The highest BCUT2D eigenvalue weighted by Gasteiger charge is 2.05. The summed E-state index contributed by atoms with van der Waals surface area (Å²) in [6.45, 7) is 4.10. The number of aryl methyl sites for hydroxylation is 2. The first-order valence-electron chi connectivity index (χ1n) is 7.79. The molecule has 122 valence electrons. The molecule has 0 radical (unpaired) electrons. The average molecular weight is 312 g/mol. The Morgan fingerprint density at radius 1 is 1.00 bits per heavy atom. The Hall–Kier alpha value is -2.42. The highest BCUT2D eigenvalue weighted by Crippen LogP contribution is 2.24. The second-order valence-electron chi connectivity index (χ2n) is 5.99. The second kappa shape index (κ2) is 7.73. The molecule has 2 N–H and O–H groups in total. The molecule has 0 heterocycles. The van der Waals surface area contributed by atoms with Gasteiger partial charge in [0.15, 0.2) is 0 Å². The standard InChI is InChI=1S/C20H24O3/c1-14(2)4-8-17-10-15(7-9-20(17)22)5-6-16-11-18(21)13-19(12-16)23-3/h4,7,9-13,21-22H,5-6,8H2,1-3H3. The van der Waals surface area contributed by atoms with Gasteiger partial charge in [0.05, 0.1) is 7.11 Å². The van der Waals surface area contributed by atoms with Crippen LogP contribution in [0.1, 0.15) is 30.5 Å². The van der Waals surface area contributed by atoms with Gasteiger partial charge in [-0.25, -0.2) is 0 Å². The molecule has 0 fully saturated rings. The van der Waals surface area contributed by atoms with E-state index in [2.05, 4.69) is 26.0 Å². The van der Waals surface area contributed by atoms with Crippen molar-refractivity contribution in [3.05, 3.63) is 64.7 Å². The Bertz CT molecular complexity index is 698. The molecule has 0 bridgehead atoms. The number of hydrogen-bond acceptors (Lipinski definition) is 3. The van der Waals surface area contributed by atoms with Crippen molar-refractivity contribution in [3.63, 3.8) is 0 Å². The molecular formula is C20H24O3. The summed E-state index contributed by atoms with van der Waals surface area (Å²) in [7, 11) is 1.59. The Labute approximate surface area is 137 Å². The lowest BCUT2D eigenvalue weighted by Gasteiger charge is -2.08. The minimum absolute atomic E-state index is 0.217. The van der Waals surface area contributed by atoms with E-state index in [1.807, 2.05) is 12.1 Å². The number of phenols is 2. The average Bonchev–Trinajstić information content (AvgIpc) is 2.52. The van der Waals surface area contributed by atoms with Crippen molar-refractivity contribution in [1.29, 1.82) is 0 Å². The van der Waals surface area contributed by atoms with Crippen LogP contribution in [-0.4, -0.2) is 17.3 Å². The van der Waals surface area contributed by atoms with Crippen LogP contribution in [-0.2, 0) is 19.3 Å². The first-order valence-corrected chi connectivity index (χ1v) is 7.79. The Morgan fingerprint density at radius 2 is 1.74 bits per heavy atom. The first-order chi connectivity index (χ1) is 11.0. The number of benzene rings is 2. The molecule has 0 aromatic heterocycles. The van der Waals surface area contributed by atoms with E-state index in [0.29, 0.717) is 11.5 Å². The monoisotopic (exact) mass is 312 g/mol. The van der Waals surface area contributed by atoms with Crippen LogP contribution in [0.5, 0.6) is 17.2 Å². The van der Waals surface area contributed by atoms with Crippen LogP contribution in [0.3, 0.4) is 0 Å². The van der Waals surface area contributed by atoms with Crippen LogP contribution in [0.2, 0.25) is 0 Å². The fourth-order valence-electron chi connectivity index (χ4n) is 2.47. The molecular weight excluding hydrogens is 288 g/mol. The summed E-state index contributed by atoms with van der Waals surface area (Å²) >= 11 is 0. The lowest BCUT2D eigenvalue weighted by Crippen LogP contribution is -1.94. The molecule has 0 aliphatic carbocycles. The van der Waals surface area contributed by atoms with Gasteiger partial charge in [-0.3, -0.25) is 0 Å². The van der Waals surface area contributed by atoms with Crippen molar-refractivity contribution in [2.24, 2.45) is 0 Å². The zero-order valence-corrected chi connectivity index (χ0v) is 14.0. The summed E-state index contributed by atoms with van der Waals surface area (Å²) in [6, 6.07) is 11.0. The van der Waals surface area contributed by atoms with Crippen molar-refractivity contribution in [1.82, 2.24) is 0 Å². The molecule has 3 heteroatoms. The topological polar surface area (TPSA) is 49.7 Å². The fraction of sp³-hybridized carbons (Fsp3) is 0.300. The number of methoxy groups -OCH3 is 1. The predicted octanol–water partition coefficient (Wildman–Crippen LogP) is 4.40. The third-order valence-corrected chi connectivity index (χ3v) is 3.76. The first kappa shape index (κ1) is 16.9. The Balaban J connectivity index is 2.10. The maximum Gasteiger partial charge on any atom is 0.122 e. The Morgan fingerprint density at radius 3 is 2.43 bits per heavy atom. The van der Waals surface area contributed by atoms with E-state index in [0.717, 1.165) is 30.4 Å². The number of aromatic hydroxyl groups is 2. The van der Waals surface area contributed by atoms with Crippen LogP contribution in [0.15, 0.2) is 48.0 Å². The molecule has 23 heavy (non-hydrogen) atoms. The van der Waals surface area contributed by atoms with E-state index in [1.165, 1.54) is 11.1 Å². The van der Waals surface area contributed by atoms with Crippen molar-refractivity contribution in [2.75, 3.05) is 7.11 Å². The van der Waals surface area contributed by atoms with Gasteiger partial charge < -0.3 is 14.9 Å². The van der Waals surface area contributed by atoms with Crippen LogP contribution in [0.4, 0.5) is 0 Å². The lowest BCUT2D eigenvalue weighted by molar-refractivity contribution is 0.407. The van der Waals surface area contributed by atoms with Gasteiger partial charge in [-0.1, -0.05) is 23.8 Å². The van der Waals surface area contributed by atoms with Gasteiger partial charge in [-0.15, -0.1) is 0 Å². The van der Waals surface area contributed by atoms with Crippen molar-refractivity contribution in [2.45, 2.75) is 33.1 Å². The molecule has 0 aliphatic heterocycles. The van der Waals surface area contributed by atoms with E-state index in [9.17, 15) is 10.2 Å². The van der Waals surface area contributed by atoms with Crippen molar-refractivity contribution < 1.29 is 14.9 Å². The molecule has 0 amide bonds. The summed E-state index contributed by atoms with van der Waals surface area (Å²) < 4.78 is 5.18. The smallest absolute Gasteiger partial charge is 0.122 e. The van der Waals surface area contributed by atoms with E-state index < -0.39 is 0 Å². The summed E-state index contributed by atoms with van der Waals surface area (Å²) in [5.41, 5.74) is 4.38. The van der Waals surface area contributed by atoms with Gasteiger partial charge in [0, 0.05) is 6.07 Å². The van der Waals surface area contributed by atoms with Gasteiger partial charge in [0.1, 0.15) is 17.2 Å². The van der Waals surface area contributed by atoms with Crippen LogP contribution in [0.25, 0.3) is 0 Å². The molecule has 0 atom stereocenters. The summed E-state index contributed by atoms with van der Waals surface area (Å²) in [5.74, 6) is 1.22. The van der Waals surface area contributed by atoms with Crippen molar-refractivity contribution in [3.8, 4) is 17.2 Å². The highest BCUT2D eigenvalue weighted by atomic mass is 16.5. The molecule has 3 nitrogen and oxygen atoms in total. The third-order valence-electron chi connectivity index (χ3n) is 3.76. The van der Waals surface area contributed by atoms with Gasteiger partial charge >= 0.3 is 0 Å². The van der Waals surface area contributed by atoms with Gasteiger partial charge in [0.2, 0.25) is 0 Å². The summed E-state index contributed by atoms with van der Waals surface area (Å²) in [6.07, 6.45) is 4.49. The minimum Gasteiger partial charge on any atom is -0.508 e. The number of phenolic OH excluding ortho intramolecular Hbond substituents is 2. The maximum atomic E-state index is 9.96. The van der Waals surface area contributed by atoms with Gasteiger partial charge in [0.25, 0.3) is 0 Å². The maximum absolute atomic E-state index is 9.96. The van der Waals surface area contributed by atoms with Crippen LogP contribution in [0, 0.1) is 0 Å². The normalized spacial score (nSPS) is 10.4. The summed E-state index contributed by atoms with van der Waals surface area (Å²) in [5, 5.41) is 19.7. The largest absolute Gasteiger partial charge is 0.508 e. The van der Waals surface area contributed by atoms with Crippen molar-refractivity contribution >= 4 is 0 Å². The highest BCUT2D eigenvalue weighted by molar-refractivity contribution is 5.40. The molecule has 2 rings (SSSR count). The summed E-state index contributed by atoms with van der Waals surface area (Å²) in [4.78, 5) is 0. The molecule has 2 aromatic rings. The van der Waals surface area contributed by atoms with Crippen LogP contribution < -0.4 is 4.74 Å². The SMILES string of the molecule is COc1cc(O)cc(CCc2ccc(O)c(CC=C(C)C)c2)c1. The minimum atomic E-state index is 0.217. The van der Waals surface area contributed by atoms with E-state index >= 15 is 0 Å². The van der Waals surface area contributed by atoms with Crippen LogP contribution >= 0.6 is 0 Å². The molecule has 0 saturated heterocycles. The van der Waals surface area contributed by atoms with E-state index in [4.69, 9.17) is 4.74 Å². The second-order valence-corrected chi connectivity index (χ2v) is 5.99. The zero-order chi connectivity index (χ0) is 16.8. The van der Waals surface area contributed by atoms with E-state index in [1.54, 1.807) is 25.3 Å². The Kier molecular flexibility index (Phi) is 5.69. The molecule has 0 spiro atoms. The number of allylic oxidation sites excluding steroid dienone is 2. The molecule has 0 unspecified atom stereocenters. The quantitative estimate of drug-likeness (QED) is 0.777. The zero-order valence-electron chi connectivity index (χ0n) is 14.0. The molecule has 2 aromatic carbocycles. The molecule has 0 aliphatic rings. The predicted molar refractivity (Wildman–Crippen MR) is 93.3 cm³/mol. The van der Waals surface area contributed by atoms with Gasteiger partial charge in [-0.2, -0.15) is 0 Å². The lowest BCUT2D eigenvalue weighted by atomic mass is 10.00. The number of ether oxygens (including phenoxy) is 1. The molecule has 0 saturated carbocycles. The third kappa shape index (κ3) is 5.06. The number of rotatable bonds is 6. The fourth-order valence-corrected chi connectivity index (χ4v) is 2.47.